The predicted molar refractivity (Wildman–Crippen MR) is 98.0 cm³/mol. The Balaban J connectivity index is 1.56. The predicted octanol–water partition coefficient (Wildman–Crippen LogP) is 5.80. The van der Waals surface area contributed by atoms with E-state index in [1.54, 1.807) is 12.3 Å². The van der Waals surface area contributed by atoms with Gasteiger partial charge in [-0.25, -0.2) is 13.1 Å². The summed E-state index contributed by atoms with van der Waals surface area (Å²) >= 11 is 14.0. The average Bonchev–Trinajstić information content (AvgIpc) is 2.98. The van der Waals surface area contributed by atoms with E-state index in [0.29, 0.717) is 23.1 Å². The number of benzene rings is 1. The fourth-order valence-electron chi connectivity index (χ4n) is 2.81. The van der Waals surface area contributed by atoms with Crippen molar-refractivity contribution in [2.45, 2.75) is 19.5 Å². The van der Waals surface area contributed by atoms with Crippen LogP contribution in [0.15, 0.2) is 30.6 Å². The highest BCUT2D eigenvalue weighted by Gasteiger charge is 2.22. The van der Waals surface area contributed by atoms with Crippen molar-refractivity contribution >= 4 is 51.9 Å². The van der Waals surface area contributed by atoms with E-state index in [2.05, 4.69) is 19.0 Å². The van der Waals surface area contributed by atoms with Gasteiger partial charge in [-0.15, -0.1) is 0 Å². The standard InChI is InChI=1S/C16H12Cl2F2N4S/c17-10-3-9-7-24(6-8-1-2-12(16(19)20)21-4-8)25-23-14(9)15-13(10)11(18)5-22-15/h1-5,16,22-23H,6-7H2. The normalized spacial score (nSPS) is 14.8. The lowest BCUT2D eigenvalue weighted by atomic mass is 10.1. The summed E-state index contributed by atoms with van der Waals surface area (Å²) in [5.41, 5.74) is 3.52. The fraction of sp³-hybridized carbons (Fsp3) is 0.188. The van der Waals surface area contributed by atoms with Crippen molar-refractivity contribution < 1.29 is 8.78 Å². The van der Waals surface area contributed by atoms with Crippen LogP contribution in [0.5, 0.6) is 0 Å². The molecule has 3 heterocycles. The Morgan fingerprint density at radius 2 is 2.12 bits per heavy atom. The Morgan fingerprint density at radius 3 is 2.84 bits per heavy atom. The molecule has 0 spiro atoms. The van der Waals surface area contributed by atoms with Crippen LogP contribution in [0.4, 0.5) is 14.5 Å². The molecule has 0 radical (unpaired) electrons. The van der Waals surface area contributed by atoms with Gasteiger partial charge in [-0.1, -0.05) is 29.3 Å². The minimum absolute atomic E-state index is 0.212. The van der Waals surface area contributed by atoms with Gasteiger partial charge in [0.15, 0.2) is 0 Å². The molecule has 0 unspecified atom stereocenters. The van der Waals surface area contributed by atoms with Crippen LogP contribution in [-0.4, -0.2) is 14.3 Å². The lowest BCUT2D eigenvalue weighted by Crippen LogP contribution is -2.22. The van der Waals surface area contributed by atoms with Crippen LogP contribution in [-0.2, 0) is 13.1 Å². The van der Waals surface area contributed by atoms with E-state index in [-0.39, 0.29) is 5.69 Å². The molecule has 0 atom stereocenters. The van der Waals surface area contributed by atoms with Crippen molar-refractivity contribution in [1.29, 1.82) is 0 Å². The van der Waals surface area contributed by atoms with Gasteiger partial charge in [-0.05, 0) is 23.3 Å². The lowest BCUT2D eigenvalue weighted by Gasteiger charge is -2.28. The highest BCUT2D eigenvalue weighted by Crippen LogP contribution is 2.41. The van der Waals surface area contributed by atoms with Crippen LogP contribution in [0.3, 0.4) is 0 Å². The zero-order chi connectivity index (χ0) is 17.6. The number of pyridine rings is 1. The van der Waals surface area contributed by atoms with Crippen molar-refractivity contribution in [3.8, 4) is 0 Å². The van der Waals surface area contributed by atoms with Gasteiger partial charge in [0.25, 0.3) is 6.43 Å². The van der Waals surface area contributed by atoms with Gasteiger partial charge < -0.3 is 9.71 Å². The number of aromatic amines is 1. The molecule has 25 heavy (non-hydrogen) atoms. The smallest absolute Gasteiger partial charge is 0.280 e. The number of hydrogen-bond acceptors (Lipinski definition) is 4. The molecular weight excluding hydrogens is 389 g/mol. The van der Waals surface area contributed by atoms with Crippen LogP contribution in [0, 0.1) is 0 Å². The molecule has 2 N–H and O–H groups in total. The van der Waals surface area contributed by atoms with Crippen molar-refractivity contribution in [2.24, 2.45) is 0 Å². The molecule has 130 valence electrons. The molecular formula is C16H12Cl2F2N4S. The van der Waals surface area contributed by atoms with E-state index in [4.69, 9.17) is 23.2 Å². The van der Waals surface area contributed by atoms with E-state index in [1.807, 2.05) is 6.07 Å². The molecule has 1 aromatic carbocycles. The third-order valence-corrected chi connectivity index (χ3v) is 5.40. The second kappa shape index (κ2) is 6.64. The van der Waals surface area contributed by atoms with Crippen molar-refractivity contribution in [1.82, 2.24) is 14.3 Å². The van der Waals surface area contributed by atoms with Crippen LogP contribution in [0.1, 0.15) is 23.2 Å². The molecule has 0 bridgehead atoms. The van der Waals surface area contributed by atoms with Crippen molar-refractivity contribution in [2.75, 3.05) is 4.72 Å². The van der Waals surface area contributed by atoms with Crippen LogP contribution >= 0.6 is 35.3 Å². The zero-order valence-electron chi connectivity index (χ0n) is 12.7. The van der Waals surface area contributed by atoms with Gasteiger partial charge in [-0.3, -0.25) is 4.98 Å². The molecule has 9 heteroatoms. The first-order chi connectivity index (χ1) is 12.0. The number of H-pyrrole nitrogens is 1. The van der Waals surface area contributed by atoms with Gasteiger partial charge in [0, 0.05) is 43.0 Å². The number of rotatable bonds is 3. The van der Waals surface area contributed by atoms with E-state index in [9.17, 15) is 8.78 Å². The largest absolute Gasteiger partial charge is 0.358 e. The molecule has 4 rings (SSSR count). The summed E-state index contributed by atoms with van der Waals surface area (Å²) in [7, 11) is 0. The van der Waals surface area contributed by atoms with Crippen LogP contribution in [0.25, 0.3) is 10.9 Å². The Morgan fingerprint density at radius 1 is 1.28 bits per heavy atom. The molecule has 1 aliphatic rings. The van der Waals surface area contributed by atoms with E-state index in [0.717, 1.165) is 27.7 Å². The monoisotopic (exact) mass is 400 g/mol. The number of hydrogen-bond donors (Lipinski definition) is 2. The first kappa shape index (κ1) is 16.9. The van der Waals surface area contributed by atoms with E-state index < -0.39 is 6.43 Å². The average molecular weight is 401 g/mol. The zero-order valence-corrected chi connectivity index (χ0v) is 15.0. The van der Waals surface area contributed by atoms with Crippen LogP contribution in [0.2, 0.25) is 10.0 Å². The molecule has 3 aromatic rings. The number of halogens is 4. The number of alkyl halides is 2. The maximum Gasteiger partial charge on any atom is 0.280 e. The summed E-state index contributed by atoms with van der Waals surface area (Å²) in [4.78, 5) is 6.95. The van der Waals surface area contributed by atoms with Gasteiger partial charge in [0.1, 0.15) is 5.69 Å². The third kappa shape index (κ3) is 3.17. The molecule has 2 aromatic heterocycles. The number of aromatic nitrogens is 2. The molecule has 0 amide bonds. The lowest BCUT2D eigenvalue weighted by molar-refractivity contribution is 0.146. The minimum Gasteiger partial charge on any atom is -0.358 e. The summed E-state index contributed by atoms with van der Waals surface area (Å²) in [6.07, 6.45) is 0.648. The maximum atomic E-state index is 12.6. The summed E-state index contributed by atoms with van der Waals surface area (Å²) in [6.45, 7) is 1.21. The molecule has 1 aliphatic heterocycles. The number of fused-ring (bicyclic) bond motifs is 3. The van der Waals surface area contributed by atoms with E-state index in [1.165, 1.54) is 24.4 Å². The number of nitrogens with one attached hydrogen (secondary N) is 2. The molecule has 0 saturated heterocycles. The highest BCUT2D eigenvalue weighted by molar-refractivity contribution is 7.98. The van der Waals surface area contributed by atoms with Crippen molar-refractivity contribution in [3.05, 3.63) is 57.5 Å². The van der Waals surface area contributed by atoms with Gasteiger partial charge in [0.05, 0.1) is 21.2 Å². The Labute approximate surface area is 156 Å². The molecule has 0 aliphatic carbocycles. The second-order valence-corrected chi connectivity index (χ2v) is 7.38. The summed E-state index contributed by atoms with van der Waals surface area (Å²) in [5.74, 6) is 0. The third-order valence-electron chi connectivity index (χ3n) is 4.00. The first-order valence-electron chi connectivity index (χ1n) is 7.42. The quantitative estimate of drug-likeness (QED) is 0.545. The Hall–Kier alpha value is -1.54. The van der Waals surface area contributed by atoms with Crippen molar-refractivity contribution in [3.63, 3.8) is 0 Å². The van der Waals surface area contributed by atoms with Gasteiger partial charge in [0.2, 0.25) is 0 Å². The summed E-state index contributed by atoms with van der Waals surface area (Å²) in [6, 6.07) is 4.93. The fourth-order valence-corrected chi connectivity index (χ4v) is 4.31. The second-order valence-electron chi connectivity index (χ2n) is 5.66. The van der Waals surface area contributed by atoms with Crippen LogP contribution < -0.4 is 4.72 Å². The van der Waals surface area contributed by atoms with Gasteiger partial charge in [-0.2, -0.15) is 0 Å². The topological polar surface area (TPSA) is 44.0 Å². The Bertz CT molecular complexity index is 930. The SMILES string of the molecule is FC(F)c1ccc(CN2Cc3cc(Cl)c4c(Cl)c[nH]c4c3NS2)cn1. The summed E-state index contributed by atoms with van der Waals surface area (Å²) in [5, 5.41) is 1.98. The van der Waals surface area contributed by atoms with Gasteiger partial charge >= 0.3 is 0 Å². The number of nitrogens with zero attached hydrogens (tertiary/aromatic N) is 2. The first-order valence-corrected chi connectivity index (χ1v) is 8.94. The van der Waals surface area contributed by atoms with E-state index >= 15 is 0 Å². The minimum atomic E-state index is -2.55. The molecule has 0 saturated carbocycles. The Kier molecular flexibility index (Phi) is 4.49. The highest BCUT2D eigenvalue weighted by atomic mass is 35.5. The molecule has 4 nitrogen and oxygen atoms in total. The number of anilines is 1. The molecule has 0 fully saturated rings. The summed E-state index contributed by atoms with van der Waals surface area (Å²) < 4.78 is 30.5. The maximum absolute atomic E-state index is 12.6.